The first kappa shape index (κ1) is 12.3. The first-order valence-electron chi connectivity index (χ1n) is 7.36. The van der Waals surface area contributed by atoms with Gasteiger partial charge in [0, 0.05) is 18.1 Å². The molecule has 0 fully saturated rings. The zero-order valence-electron chi connectivity index (χ0n) is 12.0. The van der Waals surface area contributed by atoms with Crippen LogP contribution in [0.3, 0.4) is 0 Å². The molecule has 0 saturated heterocycles. The van der Waals surface area contributed by atoms with Gasteiger partial charge in [-0.05, 0) is 49.1 Å². The van der Waals surface area contributed by atoms with Crippen molar-refractivity contribution < 1.29 is 0 Å². The van der Waals surface area contributed by atoms with Crippen molar-refractivity contribution >= 4 is 16.7 Å². The number of benzene rings is 2. The maximum absolute atomic E-state index is 4.37. The molecule has 0 spiro atoms. The molecule has 3 nitrogen and oxygen atoms in total. The second kappa shape index (κ2) is 4.85. The van der Waals surface area contributed by atoms with E-state index < -0.39 is 0 Å². The molecule has 4 rings (SSSR count). The Morgan fingerprint density at radius 3 is 2.76 bits per heavy atom. The van der Waals surface area contributed by atoms with Crippen molar-refractivity contribution in [3.8, 4) is 0 Å². The minimum Gasteiger partial charge on any atom is -0.378 e. The average molecular weight is 275 g/mol. The Hall–Kier alpha value is -2.42. The third kappa shape index (κ3) is 2.25. The van der Waals surface area contributed by atoms with Gasteiger partial charge in [0.25, 0.3) is 0 Å². The van der Waals surface area contributed by atoms with Crippen LogP contribution in [0.1, 0.15) is 29.2 Å². The number of hydrogen-bond acceptors (Lipinski definition) is 3. The Kier molecular flexibility index (Phi) is 2.85. The highest BCUT2D eigenvalue weighted by molar-refractivity contribution is 5.78. The van der Waals surface area contributed by atoms with Gasteiger partial charge < -0.3 is 5.32 Å². The molecule has 21 heavy (non-hydrogen) atoms. The fourth-order valence-corrected chi connectivity index (χ4v) is 3.13. The van der Waals surface area contributed by atoms with Crippen LogP contribution in [0.5, 0.6) is 0 Å². The summed E-state index contributed by atoms with van der Waals surface area (Å²) in [4.78, 5) is 8.68. The zero-order chi connectivity index (χ0) is 14.2. The fraction of sp³-hybridized carbons (Fsp3) is 0.222. The van der Waals surface area contributed by atoms with Crippen LogP contribution in [0.15, 0.2) is 48.8 Å². The highest BCUT2D eigenvalue weighted by Crippen LogP contribution is 2.34. The molecule has 0 aliphatic heterocycles. The van der Waals surface area contributed by atoms with E-state index >= 15 is 0 Å². The van der Waals surface area contributed by atoms with Gasteiger partial charge in [0.15, 0.2) is 0 Å². The van der Waals surface area contributed by atoms with Crippen LogP contribution in [0.2, 0.25) is 0 Å². The number of anilines is 1. The van der Waals surface area contributed by atoms with Crippen LogP contribution in [0.25, 0.3) is 11.0 Å². The summed E-state index contributed by atoms with van der Waals surface area (Å²) in [6.07, 6.45) is 5.77. The van der Waals surface area contributed by atoms with Gasteiger partial charge in [0.2, 0.25) is 0 Å². The van der Waals surface area contributed by atoms with E-state index in [0.29, 0.717) is 6.04 Å². The van der Waals surface area contributed by atoms with Gasteiger partial charge in [-0.15, -0.1) is 0 Å². The highest BCUT2D eigenvalue weighted by Gasteiger charge is 2.22. The molecule has 1 unspecified atom stereocenters. The van der Waals surface area contributed by atoms with E-state index in [-0.39, 0.29) is 0 Å². The topological polar surface area (TPSA) is 37.8 Å². The smallest absolute Gasteiger partial charge is 0.0907 e. The quantitative estimate of drug-likeness (QED) is 0.767. The Labute approximate surface area is 124 Å². The molecule has 1 atom stereocenters. The first-order valence-corrected chi connectivity index (χ1v) is 7.36. The molecule has 0 radical (unpaired) electrons. The van der Waals surface area contributed by atoms with Gasteiger partial charge >= 0.3 is 0 Å². The van der Waals surface area contributed by atoms with Crippen molar-refractivity contribution in [1.82, 2.24) is 9.97 Å². The number of aromatic nitrogens is 2. The Morgan fingerprint density at radius 2 is 1.86 bits per heavy atom. The summed E-state index contributed by atoms with van der Waals surface area (Å²) in [6.45, 7) is 2.15. The van der Waals surface area contributed by atoms with E-state index in [1.165, 1.54) is 16.7 Å². The molecule has 104 valence electrons. The maximum atomic E-state index is 4.37. The number of nitrogens with one attached hydrogen (secondary N) is 1. The van der Waals surface area contributed by atoms with Gasteiger partial charge in [-0.3, -0.25) is 9.97 Å². The largest absolute Gasteiger partial charge is 0.378 e. The lowest BCUT2D eigenvalue weighted by molar-refractivity contribution is 0.762. The number of nitrogens with zero attached hydrogens (tertiary/aromatic N) is 2. The first-order chi connectivity index (χ1) is 10.3. The zero-order valence-corrected chi connectivity index (χ0v) is 12.0. The van der Waals surface area contributed by atoms with Crippen molar-refractivity contribution in [3.63, 3.8) is 0 Å². The molecule has 1 aromatic heterocycles. The van der Waals surface area contributed by atoms with Crippen molar-refractivity contribution in [1.29, 1.82) is 0 Å². The number of aryl methyl sites for hydroxylation is 2. The van der Waals surface area contributed by atoms with Crippen LogP contribution in [-0.4, -0.2) is 9.97 Å². The Balaban J connectivity index is 1.66. The van der Waals surface area contributed by atoms with Gasteiger partial charge in [-0.25, -0.2) is 0 Å². The SMILES string of the molecule is Cc1ccc2c(c1)C(Nc1ccc3nccnc3c1)CC2. The van der Waals surface area contributed by atoms with E-state index in [2.05, 4.69) is 52.5 Å². The summed E-state index contributed by atoms with van der Waals surface area (Å²) in [7, 11) is 0. The Bertz CT molecular complexity index is 810. The molecule has 1 aliphatic rings. The predicted molar refractivity (Wildman–Crippen MR) is 85.4 cm³/mol. The Morgan fingerprint density at radius 1 is 1.00 bits per heavy atom. The monoisotopic (exact) mass is 275 g/mol. The molecule has 1 N–H and O–H groups in total. The number of rotatable bonds is 2. The minimum atomic E-state index is 0.397. The highest BCUT2D eigenvalue weighted by atomic mass is 14.9. The lowest BCUT2D eigenvalue weighted by Gasteiger charge is -2.16. The van der Waals surface area contributed by atoms with E-state index in [4.69, 9.17) is 0 Å². The maximum Gasteiger partial charge on any atom is 0.0907 e. The molecule has 0 amide bonds. The second-order valence-electron chi connectivity index (χ2n) is 5.70. The van der Waals surface area contributed by atoms with Crippen LogP contribution >= 0.6 is 0 Å². The van der Waals surface area contributed by atoms with Crippen LogP contribution in [0.4, 0.5) is 5.69 Å². The lowest BCUT2D eigenvalue weighted by Crippen LogP contribution is -2.07. The van der Waals surface area contributed by atoms with E-state index in [9.17, 15) is 0 Å². The molecule has 1 heterocycles. The average Bonchev–Trinajstić information content (AvgIpc) is 2.89. The molecular formula is C18H17N3. The molecule has 0 saturated carbocycles. The molecule has 2 aromatic carbocycles. The number of fused-ring (bicyclic) bond motifs is 2. The normalized spacial score (nSPS) is 16.9. The second-order valence-corrected chi connectivity index (χ2v) is 5.70. The lowest BCUT2D eigenvalue weighted by atomic mass is 10.0. The fourth-order valence-electron chi connectivity index (χ4n) is 3.13. The summed E-state index contributed by atoms with van der Waals surface area (Å²) in [5.41, 5.74) is 7.22. The third-order valence-electron chi connectivity index (χ3n) is 4.19. The third-order valence-corrected chi connectivity index (χ3v) is 4.19. The number of hydrogen-bond donors (Lipinski definition) is 1. The van der Waals surface area contributed by atoms with Crippen molar-refractivity contribution in [2.45, 2.75) is 25.8 Å². The van der Waals surface area contributed by atoms with Gasteiger partial charge in [-0.1, -0.05) is 23.8 Å². The van der Waals surface area contributed by atoms with Crippen LogP contribution in [0, 0.1) is 6.92 Å². The molecule has 0 bridgehead atoms. The summed E-state index contributed by atoms with van der Waals surface area (Å²) < 4.78 is 0. The van der Waals surface area contributed by atoms with Crippen LogP contribution in [-0.2, 0) is 6.42 Å². The summed E-state index contributed by atoms with van der Waals surface area (Å²) >= 11 is 0. The van der Waals surface area contributed by atoms with E-state index in [1.54, 1.807) is 12.4 Å². The van der Waals surface area contributed by atoms with Crippen molar-refractivity contribution in [2.75, 3.05) is 5.32 Å². The summed E-state index contributed by atoms with van der Waals surface area (Å²) in [6, 6.07) is 13.4. The van der Waals surface area contributed by atoms with E-state index in [0.717, 1.165) is 29.6 Å². The van der Waals surface area contributed by atoms with E-state index in [1.807, 2.05) is 6.07 Å². The van der Waals surface area contributed by atoms with Crippen molar-refractivity contribution in [2.24, 2.45) is 0 Å². The molecular weight excluding hydrogens is 258 g/mol. The molecule has 1 aliphatic carbocycles. The van der Waals surface area contributed by atoms with Crippen LogP contribution < -0.4 is 5.32 Å². The van der Waals surface area contributed by atoms with Gasteiger partial charge in [0.05, 0.1) is 17.1 Å². The summed E-state index contributed by atoms with van der Waals surface area (Å²) in [5, 5.41) is 3.65. The minimum absolute atomic E-state index is 0.397. The van der Waals surface area contributed by atoms with Gasteiger partial charge in [0.1, 0.15) is 0 Å². The molecule has 3 aromatic rings. The molecule has 3 heteroatoms. The predicted octanol–water partition coefficient (Wildman–Crippen LogP) is 4.04. The van der Waals surface area contributed by atoms with Crippen molar-refractivity contribution in [3.05, 3.63) is 65.5 Å². The standard InChI is InChI=1S/C18H17N3/c1-12-2-3-13-4-6-16(15(13)10-12)21-14-5-7-17-18(11-14)20-9-8-19-17/h2-3,5,7-11,16,21H,4,6H2,1H3. The summed E-state index contributed by atoms with van der Waals surface area (Å²) in [5.74, 6) is 0. The van der Waals surface area contributed by atoms with Gasteiger partial charge in [-0.2, -0.15) is 0 Å².